The Morgan fingerprint density at radius 3 is 0.772 bits per heavy atom. The lowest BCUT2D eigenvalue weighted by molar-refractivity contribution is -0.167. The molecular formula is C73H122O6. The number of esters is 3. The van der Waals surface area contributed by atoms with Crippen molar-refractivity contribution >= 4 is 17.9 Å². The summed E-state index contributed by atoms with van der Waals surface area (Å²) in [5, 5.41) is 0. The van der Waals surface area contributed by atoms with Crippen LogP contribution in [0.3, 0.4) is 0 Å². The molecule has 0 saturated heterocycles. The Morgan fingerprint density at radius 2 is 0.494 bits per heavy atom. The highest BCUT2D eigenvalue weighted by Gasteiger charge is 2.19. The molecule has 0 spiro atoms. The minimum Gasteiger partial charge on any atom is -0.462 e. The molecule has 450 valence electrons. The van der Waals surface area contributed by atoms with Crippen molar-refractivity contribution in [2.24, 2.45) is 0 Å². The average molecular weight is 1100 g/mol. The predicted molar refractivity (Wildman–Crippen MR) is 343 cm³/mol. The quantitative estimate of drug-likeness (QED) is 0.0261. The fourth-order valence-corrected chi connectivity index (χ4v) is 9.06. The van der Waals surface area contributed by atoms with E-state index in [1.165, 1.54) is 122 Å². The molecule has 0 amide bonds. The maximum Gasteiger partial charge on any atom is 0.306 e. The molecule has 0 aromatic carbocycles. The van der Waals surface area contributed by atoms with Crippen molar-refractivity contribution in [2.45, 2.75) is 309 Å². The van der Waals surface area contributed by atoms with Gasteiger partial charge in [0.15, 0.2) is 6.10 Å². The van der Waals surface area contributed by atoms with E-state index >= 15 is 0 Å². The van der Waals surface area contributed by atoms with E-state index in [1.54, 1.807) is 0 Å². The predicted octanol–water partition coefficient (Wildman–Crippen LogP) is 22.8. The second kappa shape index (κ2) is 66.3. The van der Waals surface area contributed by atoms with Gasteiger partial charge in [-0.2, -0.15) is 0 Å². The number of carbonyl (C=O) groups is 3. The molecule has 0 saturated carbocycles. The Balaban J connectivity index is 4.10. The van der Waals surface area contributed by atoms with E-state index in [0.717, 1.165) is 141 Å². The third-order valence-corrected chi connectivity index (χ3v) is 14.0. The standard InChI is InChI=1S/C73H122O6/c1-4-7-10-13-15-17-19-21-23-25-27-29-30-31-32-33-34-35-36-37-38-39-40-41-42-44-45-47-49-51-53-55-57-60-63-66-72(75)78-69-70(68-77-71(74)65-62-59-12-9-6-3)79-73(76)67-64-61-58-56-54-52-50-48-46-43-28-26-24-22-20-18-16-14-11-8-5-2/h7,10,15,17,21,23,27,29,31-32,34-35,37-38,40-41,44-45,49,51,70H,4-6,8-9,11-14,16,18-20,22,24-26,28,30,33,36,39,42-43,46-48,50,52-69H2,1-3H3/b10-7-,17-15-,23-21-,29-27-,32-31-,35-34-,38-37-,41-40-,45-44-,51-49-. The monoisotopic (exact) mass is 1090 g/mol. The number of hydrogen-bond acceptors (Lipinski definition) is 6. The lowest BCUT2D eigenvalue weighted by Gasteiger charge is -2.18. The zero-order valence-corrected chi connectivity index (χ0v) is 51.6. The summed E-state index contributed by atoms with van der Waals surface area (Å²) in [5.41, 5.74) is 0. The highest BCUT2D eigenvalue weighted by molar-refractivity contribution is 5.71. The van der Waals surface area contributed by atoms with Crippen LogP contribution >= 0.6 is 0 Å². The molecule has 1 unspecified atom stereocenters. The molecule has 0 aromatic heterocycles. The van der Waals surface area contributed by atoms with E-state index in [0.29, 0.717) is 19.3 Å². The second-order valence-corrected chi connectivity index (χ2v) is 21.7. The minimum absolute atomic E-state index is 0.0857. The highest BCUT2D eigenvalue weighted by Crippen LogP contribution is 2.17. The molecule has 0 aliphatic rings. The van der Waals surface area contributed by atoms with E-state index in [1.807, 2.05) is 0 Å². The van der Waals surface area contributed by atoms with Crippen LogP contribution in [0, 0.1) is 0 Å². The van der Waals surface area contributed by atoms with Gasteiger partial charge in [0, 0.05) is 19.3 Å². The third-order valence-electron chi connectivity index (χ3n) is 14.0. The van der Waals surface area contributed by atoms with Crippen LogP contribution in [0.1, 0.15) is 303 Å². The Hall–Kier alpha value is -4.19. The summed E-state index contributed by atoms with van der Waals surface area (Å²) in [4.78, 5) is 37.9. The van der Waals surface area contributed by atoms with E-state index in [4.69, 9.17) is 14.2 Å². The molecule has 0 heterocycles. The van der Waals surface area contributed by atoms with Crippen LogP contribution in [-0.2, 0) is 28.6 Å². The van der Waals surface area contributed by atoms with Crippen LogP contribution < -0.4 is 0 Å². The number of hydrogen-bond donors (Lipinski definition) is 0. The molecule has 6 nitrogen and oxygen atoms in total. The molecule has 0 radical (unpaired) electrons. The molecule has 0 aliphatic heterocycles. The van der Waals surface area contributed by atoms with Crippen molar-refractivity contribution in [1.29, 1.82) is 0 Å². The largest absolute Gasteiger partial charge is 0.462 e. The number of ether oxygens (including phenoxy) is 3. The lowest BCUT2D eigenvalue weighted by atomic mass is 10.0. The van der Waals surface area contributed by atoms with Crippen molar-refractivity contribution in [3.63, 3.8) is 0 Å². The number of rotatable bonds is 59. The summed E-state index contributed by atoms with van der Waals surface area (Å²) in [6, 6.07) is 0. The number of allylic oxidation sites excluding steroid dienone is 20. The zero-order valence-electron chi connectivity index (χ0n) is 51.6. The average Bonchev–Trinajstić information content (AvgIpc) is 3.45. The number of unbranched alkanes of at least 4 members (excludes halogenated alkanes) is 28. The van der Waals surface area contributed by atoms with Gasteiger partial charge in [0.1, 0.15) is 13.2 Å². The second-order valence-electron chi connectivity index (χ2n) is 21.7. The van der Waals surface area contributed by atoms with E-state index in [-0.39, 0.29) is 31.1 Å². The molecule has 0 aliphatic carbocycles. The fraction of sp³-hybridized carbons (Fsp3) is 0.685. The Labute approximate surface area is 488 Å². The number of carbonyl (C=O) groups excluding carboxylic acids is 3. The summed E-state index contributed by atoms with van der Waals surface area (Å²) in [6.45, 7) is 6.44. The topological polar surface area (TPSA) is 78.9 Å². The minimum atomic E-state index is -0.786. The summed E-state index contributed by atoms with van der Waals surface area (Å²) < 4.78 is 16.8. The van der Waals surface area contributed by atoms with Crippen LogP contribution in [-0.4, -0.2) is 37.2 Å². The van der Waals surface area contributed by atoms with Gasteiger partial charge in [0.05, 0.1) is 0 Å². The van der Waals surface area contributed by atoms with Gasteiger partial charge < -0.3 is 14.2 Å². The maximum absolute atomic E-state index is 12.8. The first-order valence-electron chi connectivity index (χ1n) is 33.0. The van der Waals surface area contributed by atoms with Gasteiger partial charge in [-0.1, -0.05) is 309 Å². The normalized spacial score (nSPS) is 12.9. The van der Waals surface area contributed by atoms with Gasteiger partial charge in [-0.3, -0.25) is 14.4 Å². The lowest BCUT2D eigenvalue weighted by Crippen LogP contribution is -2.30. The van der Waals surface area contributed by atoms with Gasteiger partial charge in [-0.15, -0.1) is 0 Å². The van der Waals surface area contributed by atoms with Crippen molar-refractivity contribution in [1.82, 2.24) is 0 Å². The van der Waals surface area contributed by atoms with E-state index in [2.05, 4.69) is 142 Å². The maximum atomic E-state index is 12.8. The summed E-state index contributed by atoms with van der Waals surface area (Å²) in [7, 11) is 0. The Kier molecular flexibility index (Phi) is 62.8. The molecule has 0 fully saturated rings. The fourth-order valence-electron chi connectivity index (χ4n) is 9.06. The van der Waals surface area contributed by atoms with Crippen molar-refractivity contribution < 1.29 is 28.6 Å². The molecule has 0 rings (SSSR count). The van der Waals surface area contributed by atoms with Crippen LogP contribution in [0.25, 0.3) is 0 Å². The molecule has 6 heteroatoms. The third kappa shape index (κ3) is 64.5. The molecule has 1 atom stereocenters. The smallest absolute Gasteiger partial charge is 0.306 e. The molecule has 79 heavy (non-hydrogen) atoms. The van der Waals surface area contributed by atoms with Crippen LogP contribution in [0.5, 0.6) is 0 Å². The van der Waals surface area contributed by atoms with Crippen LogP contribution in [0.4, 0.5) is 0 Å². The van der Waals surface area contributed by atoms with Crippen LogP contribution in [0.15, 0.2) is 122 Å². The first-order valence-corrected chi connectivity index (χ1v) is 33.0. The Morgan fingerprint density at radius 1 is 0.266 bits per heavy atom. The highest BCUT2D eigenvalue weighted by atomic mass is 16.6. The molecule has 0 N–H and O–H groups in total. The van der Waals surface area contributed by atoms with Gasteiger partial charge >= 0.3 is 17.9 Å². The van der Waals surface area contributed by atoms with Gasteiger partial charge in [0.2, 0.25) is 0 Å². The first-order chi connectivity index (χ1) is 39.0. The molecular weight excluding hydrogens is 973 g/mol. The van der Waals surface area contributed by atoms with Crippen molar-refractivity contribution in [3.05, 3.63) is 122 Å². The van der Waals surface area contributed by atoms with Gasteiger partial charge in [-0.25, -0.2) is 0 Å². The SMILES string of the molecule is CC/C=C\C/C=C\C/C=C\C/C=C\C/C=C\C/C=C\C/C=C\C/C=C\C/C=C\C/C=C\CCCCCCC(=O)OCC(COC(=O)CCCCCCC)OC(=O)CCCCCCCCCCCCCCCCCCCCCCC. The first kappa shape index (κ1) is 74.8. The summed E-state index contributed by atoms with van der Waals surface area (Å²) >= 11 is 0. The molecule has 0 aromatic rings. The Bertz CT molecular complexity index is 1640. The van der Waals surface area contributed by atoms with Crippen molar-refractivity contribution in [3.8, 4) is 0 Å². The van der Waals surface area contributed by atoms with Crippen LogP contribution in [0.2, 0.25) is 0 Å². The van der Waals surface area contributed by atoms with Crippen molar-refractivity contribution in [2.75, 3.05) is 13.2 Å². The zero-order chi connectivity index (χ0) is 57.1. The molecule has 0 bridgehead atoms. The van der Waals surface area contributed by atoms with Gasteiger partial charge in [0.25, 0.3) is 0 Å². The van der Waals surface area contributed by atoms with E-state index < -0.39 is 6.10 Å². The summed E-state index contributed by atoms with van der Waals surface area (Å²) in [6.07, 6.45) is 92.6. The van der Waals surface area contributed by atoms with Gasteiger partial charge in [-0.05, 0) is 96.3 Å². The summed E-state index contributed by atoms with van der Waals surface area (Å²) in [5.74, 6) is -0.918. The van der Waals surface area contributed by atoms with E-state index in [9.17, 15) is 14.4 Å².